The van der Waals surface area contributed by atoms with Crippen molar-refractivity contribution in [2.45, 2.75) is 19.8 Å². The Morgan fingerprint density at radius 3 is 2.50 bits per heavy atom. The third-order valence-corrected chi connectivity index (χ3v) is 2.87. The van der Waals surface area contributed by atoms with Crippen molar-refractivity contribution in [1.82, 2.24) is 15.1 Å². The molecule has 0 spiro atoms. The van der Waals surface area contributed by atoms with Crippen LogP contribution in [0, 0.1) is 0 Å². The minimum absolute atomic E-state index is 0.0532. The molecule has 1 aliphatic rings. The van der Waals surface area contributed by atoms with Crippen LogP contribution in [0.25, 0.3) is 0 Å². The molecule has 0 bridgehead atoms. The third kappa shape index (κ3) is 4.37. The summed E-state index contributed by atoms with van der Waals surface area (Å²) in [5, 5.41) is 11.5. The highest BCUT2D eigenvalue weighted by molar-refractivity contribution is 5.74. The Kier molecular flexibility index (Phi) is 6.18. The quantitative estimate of drug-likeness (QED) is 0.658. The van der Waals surface area contributed by atoms with Gasteiger partial charge < -0.3 is 15.3 Å². The smallest absolute Gasteiger partial charge is 0.317 e. The molecule has 1 rings (SSSR count). The summed E-state index contributed by atoms with van der Waals surface area (Å²) in [7, 11) is 0. The largest absolute Gasteiger partial charge is 0.396 e. The molecule has 0 aromatic rings. The highest BCUT2D eigenvalue weighted by Crippen LogP contribution is 2.03. The number of hydrogen-bond donors (Lipinski definition) is 2. The molecule has 16 heavy (non-hydrogen) atoms. The fraction of sp³-hybridized carbons (Fsp3) is 0.909. The predicted molar refractivity (Wildman–Crippen MR) is 63.4 cm³/mol. The minimum atomic E-state index is 0.0532. The number of nitrogens with one attached hydrogen (secondary N) is 1. The van der Waals surface area contributed by atoms with Crippen molar-refractivity contribution in [3.63, 3.8) is 0 Å². The number of carbonyl (C=O) groups excluding carboxylic acids is 1. The van der Waals surface area contributed by atoms with Crippen LogP contribution in [0.3, 0.4) is 0 Å². The van der Waals surface area contributed by atoms with Crippen molar-refractivity contribution in [2.75, 3.05) is 45.9 Å². The van der Waals surface area contributed by atoms with Crippen LogP contribution in [-0.2, 0) is 0 Å². The molecule has 0 radical (unpaired) electrons. The van der Waals surface area contributed by atoms with Gasteiger partial charge >= 0.3 is 6.03 Å². The van der Waals surface area contributed by atoms with Crippen molar-refractivity contribution >= 4 is 6.03 Å². The first-order valence-corrected chi connectivity index (χ1v) is 6.14. The summed E-state index contributed by atoms with van der Waals surface area (Å²) >= 11 is 0. The summed E-state index contributed by atoms with van der Waals surface area (Å²) in [4.78, 5) is 15.7. The first-order valence-electron chi connectivity index (χ1n) is 6.14. The van der Waals surface area contributed by atoms with Crippen molar-refractivity contribution in [3.8, 4) is 0 Å². The lowest BCUT2D eigenvalue weighted by molar-refractivity contribution is 0.136. The molecular weight excluding hydrogens is 206 g/mol. The Hall–Kier alpha value is -0.810. The Morgan fingerprint density at radius 1 is 1.25 bits per heavy atom. The maximum absolute atomic E-state index is 11.5. The number of nitrogens with zero attached hydrogens (tertiary/aromatic N) is 2. The number of amides is 2. The lowest BCUT2D eigenvalue weighted by Gasteiger charge is -2.34. The van der Waals surface area contributed by atoms with E-state index in [4.69, 9.17) is 5.11 Å². The van der Waals surface area contributed by atoms with E-state index in [0.29, 0.717) is 6.54 Å². The minimum Gasteiger partial charge on any atom is -0.396 e. The molecule has 0 aromatic carbocycles. The van der Waals surface area contributed by atoms with Gasteiger partial charge in [0.15, 0.2) is 0 Å². The standard InChI is InChI=1S/C11H23N3O2/c1-2-12-11(16)14-8-6-13(7-9-14)5-3-4-10-15/h15H,2-10H2,1H3,(H,12,16). The van der Waals surface area contributed by atoms with Crippen molar-refractivity contribution in [1.29, 1.82) is 0 Å². The molecule has 0 aromatic heterocycles. The van der Waals surface area contributed by atoms with Gasteiger partial charge in [-0.3, -0.25) is 4.90 Å². The summed E-state index contributed by atoms with van der Waals surface area (Å²) in [6.45, 7) is 7.45. The summed E-state index contributed by atoms with van der Waals surface area (Å²) in [6, 6.07) is 0.0532. The van der Waals surface area contributed by atoms with E-state index in [2.05, 4.69) is 10.2 Å². The number of carbonyl (C=O) groups is 1. The molecular formula is C11H23N3O2. The van der Waals surface area contributed by atoms with Gasteiger partial charge in [-0.25, -0.2) is 4.79 Å². The van der Waals surface area contributed by atoms with Crippen LogP contribution in [0.15, 0.2) is 0 Å². The summed E-state index contributed by atoms with van der Waals surface area (Å²) in [6.07, 6.45) is 1.91. The van der Waals surface area contributed by atoms with Crippen molar-refractivity contribution < 1.29 is 9.90 Å². The highest BCUT2D eigenvalue weighted by Gasteiger charge is 2.19. The van der Waals surface area contributed by atoms with E-state index in [-0.39, 0.29) is 12.6 Å². The average molecular weight is 229 g/mol. The number of rotatable bonds is 5. The van der Waals surface area contributed by atoms with Crippen molar-refractivity contribution in [2.24, 2.45) is 0 Å². The van der Waals surface area contributed by atoms with E-state index < -0.39 is 0 Å². The monoisotopic (exact) mass is 229 g/mol. The molecule has 0 atom stereocenters. The number of hydrogen-bond acceptors (Lipinski definition) is 3. The molecule has 5 nitrogen and oxygen atoms in total. The second-order valence-corrected chi connectivity index (χ2v) is 4.09. The van der Waals surface area contributed by atoms with Crippen LogP contribution in [0.2, 0.25) is 0 Å². The highest BCUT2D eigenvalue weighted by atomic mass is 16.3. The number of urea groups is 1. The molecule has 0 unspecified atom stereocenters. The lowest BCUT2D eigenvalue weighted by atomic mass is 10.2. The Balaban J connectivity index is 2.15. The zero-order valence-electron chi connectivity index (χ0n) is 10.1. The number of aliphatic hydroxyl groups is 1. The topological polar surface area (TPSA) is 55.8 Å². The van der Waals surface area contributed by atoms with Gasteiger partial charge in [0.1, 0.15) is 0 Å². The van der Waals surface area contributed by atoms with E-state index in [1.165, 1.54) is 0 Å². The molecule has 2 amide bonds. The van der Waals surface area contributed by atoms with Gasteiger partial charge in [-0.1, -0.05) is 0 Å². The fourth-order valence-corrected chi connectivity index (χ4v) is 1.88. The second kappa shape index (κ2) is 7.46. The van der Waals surface area contributed by atoms with Gasteiger partial charge in [0.05, 0.1) is 0 Å². The van der Waals surface area contributed by atoms with Crippen LogP contribution in [0.1, 0.15) is 19.8 Å². The zero-order valence-corrected chi connectivity index (χ0v) is 10.1. The SMILES string of the molecule is CCNC(=O)N1CCN(CCCCO)CC1. The molecule has 0 saturated carbocycles. The molecule has 1 aliphatic heterocycles. The van der Waals surface area contributed by atoms with Crippen LogP contribution in [-0.4, -0.2) is 66.8 Å². The van der Waals surface area contributed by atoms with E-state index in [0.717, 1.165) is 45.6 Å². The molecule has 0 aliphatic carbocycles. The average Bonchev–Trinajstić information content (AvgIpc) is 2.30. The zero-order chi connectivity index (χ0) is 11.8. The summed E-state index contributed by atoms with van der Waals surface area (Å²) in [5.74, 6) is 0. The van der Waals surface area contributed by atoms with Gasteiger partial charge in [-0.15, -0.1) is 0 Å². The predicted octanol–water partition coefficient (Wildman–Crippen LogP) is 0.106. The number of aliphatic hydroxyl groups excluding tert-OH is 1. The molecule has 1 heterocycles. The van der Waals surface area contributed by atoms with E-state index >= 15 is 0 Å². The number of unbranched alkanes of at least 4 members (excludes halogenated alkanes) is 1. The lowest BCUT2D eigenvalue weighted by Crippen LogP contribution is -2.51. The van der Waals surface area contributed by atoms with Gasteiger partial charge in [0.2, 0.25) is 0 Å². The molecule has 1 fully saturated rings. The van der Waals surface area contributed by atoms with Crippen LogP contribution < -0.4 is 5.32 Å². The van der Waals surface area contributed by atoms with Crippen LogP contribution in [0.4, 0.5) is 4.79 Å². The summed E-state index contributed by atoms with van der Waals surface area (Å²) < 4.78 is 0. The maximum Gasteiger partial charge on any atom is 0.317 e. The molecule has 1 saturated heterocycles. The number of piperazine rings is 1. The first-order chi connectivity index (χ1) is 7.77. The van der Waals surface area contributed by atoms with Gasteiger partial charge in [0, 0.05) is 39.3 Å². The second-order valence-electron chi connectivity index (χ2n) is 4.09. The van der Waals surface area contributed by atoms with E-state index in [9.17, 15) is 4.79 Å². The van der Waals surface area contributed by atoms with Crippen molar-refractivity contribution in [3.05, 3.63) is 0 Å². The maximum atomic E-state index is 11.5. The van der Waals surface area contributed by atoms with E-state index in [1.54, 1.807) is 0 Å². The van der Waals surface area contributed by atoms with E-state index in [1.807, 2.05) is 11.8 Å². The molecule has 5 heteroatoms. The fourth-order valence-electron chi connectivity index (χ4n) is 1.88. The molecule has 2 N–H and O–H groups in total. The van der Waals surface area contributed by atoms with Gasteiger partial charge in [0.25, 0.3) is 0 Å². The Morgan fingerprint density at radius 2 is 1.94 bits per heavy atom. The molecule has 94 valence electrons. The normalized spacial score (nSPS) is 17.5. The third-order valence-electron chi connectivity index (χ3n) is 2.87. The Labute approximate surface area is 97.4 Å². The Bertz CT molecular complexity index is 203. The first kappa shape index (κ1) is 13.3. The van der Waals surface area contributed by atoms with Crippen LogP contribution >= 0.6 is 0 Å². The van der Waals surface area contributed by atoms with Gasteiger partial charge in [-0.2, -0.15) is 0 Å². The van der Waals surface area contributed by atoms with Crippen LogP contribution in [0.5, 0.6) is 0 Å². The van der Waals surface area contributed by atoms with Gasteiger partial charge in [-0.05, 0) is 26.3 Å². The summed E-state index contributed by atoms with van der Waals surface area (Å²) in [5.41, 5.74) is 0.